The zero-order chi connectivity index (χ0) is 11.1. The van der Waals surface area contributed by atoms with Gasteiger partial charge in [-0.2, -0.15) is 0 Å². The third kappa shape index (κ3) is 1.29. The number of aromatic carboxylic acids is 1. The van der Waals surface area contributed by atoms with Crippen LogP contribution in [-0.2, 0) is 4.74 Å². The summed E-state index contributed by atoms with van der Waals surface area (Å²) >= 11 is 0. The normalized spacial score (nSPS) is 19.6. The largest absolute Gasteiger partial charge is 0.478 e. The van der Waals surface area contributed by atoms with E-state index < -0.39 is 5.97 Å². The van der Waals surface area contributed by atoms with Crippen molar-refractivity contribution >= 4 is 17.0 Å². The van der Waals surface area contributed by atoms with Gasteiger partial charge in [0, 0.05) is 6.42 Å². The lowest BCUT2D eigenvalue weighted by molar-refractivity contribution is -0.0971. The first-order valence-corrected chi connectivity index (χ1v) is 5.07. The van der Waals surface area contributed by atoms with Gasteiger partial charge in [-0.15, -0.1) is 0 Å². The monoisotopic (exact) mass is 218 g/mol. The summed E-state index contributed by atoms with van der Waals surface area (Å²) in [5.74, 6) is -0.927. The molecule has 1 aliphatic heterocycles. The van der Waals surface area contributed by atoms with Crippen LogP contribution in [0.25, 0.3) is 11.0 Å². The van der Waals surface area contributed by atoms with Gasteiger partial charge in [0.2, 0.25) is 0 Å². The van der Waals surface area contributed by atoms with E-state index in [2.05, 4.69) is 4.98 Å². The summed E-state index contributed by atoms with van der Waals surface area (Å²) in [5, 5.41) is 8.92. The Morgan fingerprint density at radius 1 is 1.56 bits per heavy atom. The van der Waals surface area contributed by atoms with Gasteiger partial charge in [0.25, 0.3) is 0 Å². The molecule has 2 heterocycles. The Kier molecular flexibility index (Phi) is 1.94. The maximum absolute atomic E-state index is 10.9. The van der Waals surface area contributed by atoms with Crippen LogP contribution >= 0.6 is 0 Å². The smallest absolute Gasteiger partial charge is 0.335 e. The molecule has 1 N–H and O–H groups in total. The van der Waals surface area contributed by atoms with Gasteiger partial charge in [-0.25, -0.2) is 9.78 Å². The Labute approximate surface area is 91.3 Å². The molecule has 2 aromatic rings. The number of benzene rings is 1. The average molecular weight is 218 g/mol. The average Bonchev–Trinajstić information content (AvgIpc) is 2.59. The van der Waals surface area contributed by atoms with Crippen molar-refractivity contribution in [3.8, 4) is 0 Å². The molecule has 1 aliphatic rings. The van der Waals surface area contributed by atoms with Gasteiger partial charge >= 0.3 is 5.97 Å². The van der Waals surface area contributed by atoms with Gasteiger partial charge in [0.05, 0.1) is 29.5 Å². The number of hydrogen-bond acceptors (Lipinski definition) is 3. The summed E-state index contributed by atoms with van der Waals surface area (Å²) < 4.78 is 7.24. The van der Waals surface area contributed by atoms with Gasteiger partial charge in [0.15, 0.2) is 0 Å². The molecule has 1 aromatic carbocycles. The molecule has 5 heteroatoms. The van der Waals surface area contributed by atoms with Crippen LogP contribution in [0.3, 0.4) is 0 Å². The first-order chi connectivity index (χ1) is 7.75. The molecule has 0 aliphatic carbocycles. The van der Waals surface area contributed by atoms with Crippen LogP contribution in [0.1, 0.15) is 23.0 Å². The molecule has 1 fully saturated rings. The number of carbonyl (C=O) groups is 1. The van der Waals surface area contributed by atoms with Crippen LogP contribution in [0.15, 0.2) is 24.5 Å². The molecule has 1 atom stereocenters. The first kappa shape index (κ1) is 9.35. The molecule has 3 rings (SSSR count). The predicted molar refractivity (Wildman–Crippen MR) is 56.3 cm³/mol. The summed E-state index contributed by atoms with van der Waals surface area (Å²) in [6, 6.07) is 4.91. The van der Waals surface area contributed by atoms with Crippen molar-refractivity contribution in [1.29, 1.82) is 0 Å². The molecule has 5 nitrogen and oxygen atoms in total. The number of hydrogen-bond donors (Lipinski definition) is 1. The van der Waals surface area contributed by atoms with Crippen molar-refractivity contribution in [2.24, 2.45) is 0 Å². The standard InChI is InChI=1S/C11H10N2O3/c14-11(15)7-1-2-8-9(5-7)13(6-12-8)10-3-4-16-10/h1-2,5-6,10H,3-4H2,(H,14,15). The summed E-state index contributed by atoms with van der Waals surface area (Å²) in [6.45, 7) is 0.753. The lowest BCUT2D eigenvalue weighted by atomic mass is 10.2. The van der Waals surface area contributed by atoms with E-state index >= 15 is 0 Å². The second kappa shape index (κ2) is 3.31. The lowest BCUT2D eigenvalue weighted by Crippen LogP contribution is -2.23. The number of nitrogens with zero attached hydrogens (tertiary/aromatic N) is 2. The molecular formula is C11H10N2O3. The van der Waals surface area contributed by atoms with Crippen LogP contribution in [0.2, 0.25) is 0 Å². The second-order valence-corrected chi connectivity index (χ2v) is 3.77. The van der Waals surface area contributed by atoms with E-state index in [1.807, 2.05) is 4.57 Å². The molecule has 0 radical (unpaired) electrons. The fourth-order valence-electron chi connectivity index (χ4n) is 1.83. The fraction of sp³-hybridized carbons (Fsp3) is 0.273. The summed E-state index contributed by atoms with van der Waals surface area (Å²) in [5.41, 5.74) is 1.87. The van der Waals surface area contributed by atoms with Gasteiger partial charge in [-0.05, 0) is 18.2 Å². The van der Waals surface area contributed by atoms with Gasteiger partial charge in [0.1, 0.15) is 6.23 Å². The van der Waals surface area contributed by atoms with E-state index in [0.717, 1.165) is 24.1 Å². The van der Waals surface area contributed by atoms with E-state index in [4.69, 9.17) is 9.84 Å². The molecule has 16 heavy (non-hydrogen) atoms. The van der Waals surface area contributed by atoms with Crippen molar-refractivity contribution in [1.82, 2.24) is 9.55 Å². The van der Waals surface area contributed by atoms with Crippen molar-refractivity contribution in [2.75, 3.05) is 6.61 Å². The van der Waals surface area contributed by atoms with Gasteiger partial charge < -0.3 is 14.4 Å². The third-order valence-corrected chi connectivity index (χ3v) is 2.81. The number of carboxylic acid groups (broad SMARTS) is 1. The number of aromatic nitrogens is 2. The van der Waals surface area contributed by atoms with Crippen molar-refractivity contribution < 1.29 is 14.6 Å². The topological polar surface area (TPSA) is 64.3 Å². The highest BCUT2D eigenvalue weighted by atomic mass is 16.5. The van der Waals surface area contributed by atoms with Crippen LogP contribution in [0.4, 0.5) is 0 Å². The van der Waals surface area contributed by atoms with Crippen LogP contribution < -0.4 is 0 Å². The highest BCUT2D eigenvalue weighted by Crippen LogP contribution is 2.27. The minimum absolute atomic E-state index is 0.00837. The van der Waals surface area contributed by atoms with Crippen molar-refractivity contribution in [3.63, 3.8) is 0 Å². The van der Waals surface area contributed by atoms with E-state index in [1.54, 1.807) is 24.5 Å². The molecule has 82 valence electrons. The first-order valence-electron chi connectivity index (χ1n) is 5.07. The summed E-state index contributed by atoms with van der Waals surface area (Å²) in [4.78, 5) is 15.1. The van der Waals surface area contributed by atoms with Crippen LogP contribution in [0.5, 0.6) is 0 Å². The number of carboxylic acids is 1. The molecule has 0 amide bonds. The van der Waals surface area contributed by atoms with Crippen molar-refractivity contribution in [3.05, 3.63) is 30.1 Å². The molecule has 1 saturated heterocycles. The van der Waals surface area contributed by atoms with Crippen molar-refractivity contribution in [2.45, 2.75) is 12.6 Å². The predicted octanol–water partition coefficient (Wildman–Crippen LogP) is 1.65. The Morgan fingerprint density at radius 3 is 3.00 bits per heavy atom. The number of imidazole rings is 1. The minimum atomic E-state index is -0.927. The van der Waals surface area contributed by atoms with Gasteiger partial charge in [-0.1, -0.05) is 0 Å². The van der Waals surface area contributed by atoms with E-state index in [9.17, 15) is 4.79 Å². The number of fused-ring (bicyclic) bond motifs is 1. The SMILES string of the molecule is O=C(O)c1ccc2ncn(C3CCO3)c2c1. The van der Waals surface area contributed by atoms with Crippen LogP contribution in [-0.4, -0.2) is 27.2 Å². The number of ether oxygens (including phenoxy) is 1. The highest BCUT2D eigenvalue weighted by molar-refractivity contribution is 5.92. The highest BCUT2D eigenvalue weighted by Gasteiger charge is 2.22. The fourth-order valence-corrected chi connectivity index (χ4v) is 1.83. The quantitative estimate of drug-likeness (QED) is 0.832. The maximum atomic E-state index is 10.9. The zero-order valence-corrected chi connectivity index (χ0v) is 8.46. The summed E-state index contributed by atoms with van der Waals surface area (Å²) in [6.07, 6.45) is 2.65. The molecule has 1 unspecified atom stereocenters. The van der Waals surface area contributed by atoms with Gasteiger partial charge in [-0.3, -0.25) is 0 Å². The van der Waals surface area contributed by atoms with E-state index in [-0.39, 0.29) is 11.8 Å². The van der Waals surface area contributed by atoms with E-state index in [1.165, 1.54) is 0 Å². The Balaban J connectivity index is 2.15. The Hall–Kier alpha value is -1.88. The Bertz CT molecular complexity index is 557. The minimum Gasteiger partial charge on any atom is -0.478 e. The zero-order valence-electron chi connectivity index (χ0n) is 8.46. The summed E-state index contributed by atoms with van der Waals surface area (Å²) in [7, 11) is 0. The van der Waals surface area contributed by atoms with E-state index in [0.29, 0.717) is 0 Å². The molecular weight excluding hydrogens is 208 g/mol. The second-order valence-electron chi connectivity index (χ2n) is 3.77. The third-order valence-electron chi connectivity index (χ3n) is 2.81. The molecule has 0 saturated carbocycles. The number of rotatable bonds is 2. The molecule has 0 bridgehead atoms. The molecule has 0 spiro atoms. The van der Waals surface area contributed by atoms with Crippen LogP contribution in [0, 0.1) is 0 Å². The molecule has 1 aromatic heterocycles. The lowest BCUT2D eigenvalue weighted by Gasteiger charge is -2.27. The Morgan fingerprint density at radius 2 is 2.38 bits per heavy atom. The maximum Gasteiger partial charge on any atom is 0.335 e.